The van der Waals surface area contributed by atoms with Gasteiger partial charge in [-0.2, -0.15) is 10.2 Å². The number of nitrogens with zero attached hydrogens (tertiary/aromatic N) is 6. The lowest BCUT2D eigenvalue weighted by molar-refractivity contribution is -0.0101. The average molecular weight is 246 g/mol. The van der Waals surface area contributed by atoms with E-state index >= 15 is 0 Å². The third kappa shape index (κ3) is 1.52. The van der Waals surface area contributed by atoms with Crippen LogP contribution in [0, 0.1) is 16.7 Å². The van der Waals surface area contributed by atoms with Crippen LogP contribution in [0.4, 0.5) is 10.7 Å². The van der Waals surface area contributed by atoms with Gasteiger partial charge in [0.05, 0.1) is 0 Å². The van der Waals surface area contributed by atoms with Crippen LogP contribution in [0.15, 0.2) is 6.33 Å². The molecule has 0 aromatic carbocycles. The summed E-state index contributed by atoms with van der Waals surface area (Å²) in [5.41, 5.74) is 0.0534. The van der Waals surface area contributed by atoms with Gasteiger partial charge in [0, 0.05) is 31.6 Å². The number of likely N-dealkylation sites (tertiary alicyclic amines) is 1. The summed E-state index contributed by atoms with van der Waals surface area (Å²) in [5.74, 6) is 0.586. The molecular weight excluding hydrogens is 236 g/mol. The van der Waals surface area contributed by atoms with E-state index in [1.54, 1.807) is 0 Å². The first-order chi connectivity index (χ1) is 8.62. The summed E-state index contributed by atoms with van der Waals surface area (Å²) in [4.78, 5) is 25.7. The van der Waals surface area contributed by atoms with Gasteiger partial charge in [0.15, 0.2) is 0 Å². The van der Waals surface area contributed by atoms with E-state index in [1.807, 2.05) is 11.0 Å². The Kier molecular flexibility index (Phi) is 2.10. The van der Waals surface area contributed by atoms with Gasteiger partial charge >= 0.3 is 6.09 Å². The van der Waals surface area contributed by atoms with Gasteiger partial charge in [0.25, 0.3) is 0 Å². The Morgan fingerprint density at radius 2 is 2.11 bits per heavy atom. The van der Waals surface area contributed by atoms with Crippen LogP contribution in [0.25, 0.3) is 0 Å². The molecular formula is C10H10N6O2. The number of rotatable bonds is 1. The molecule has 2 aliphatic heterocycles. The third-order valence-corrected chi connectivity index (χ3v) is 3.32. The van der Waals surface area contributed by atoms with Crippen LogP contribution >= 0.6 is 0 Å². The third-order valence-electron chi connectivity index (χ3n) is 3.32. The van der Waals surface area contributed by atoms with Crippen LogP contribution in [0.2, 0.25) is 0 Å². The SMILES string of the molecule is N#Cc1ncnc(N2CC3(CN(C(=O)O)C3)C2)n1. The molecule has 0 aliphatic carbocycles. The zero-order chi connectivity index (χ0) is 12.8. The molecule has 92 valence electrons. The predicted octanol–water partition coefficient (Wildman–Crippen LogP) is -0.457. The molecule has 2 saturated heterocycles. The highest BCUT2D eigenvalue weighted by atomic mass is 16.4. The Bertz CT molecular complexity index is 540. The summed E-state index contributed by atoms with van der Waals surface area (Å²) in [6.45, 7) is 2.58. The molecule has 1 N–H and O–H groups in total. The second kappa shape index (κ2) is 3.53. The van der Waals surface area contributed by atoms with Gasteiger partial charge in [-0.15, -0.1) is 0 Å². The topological polar surface area (TPSA) is 106 Å². The number of amides is 1. The number of aromatic nitrogens is 3. The zero-order valence-electron chi connectivity index (χ0n) is 9.44. The second-order valence-corrected chi connectivity index (χ2v) is 4.72. The largest absolute Gasteiger partial charge is 0.465 e. The second-order valence-electron chi connectivity index (χ2n) is 4.72. The van der Waals surface area contributed by atoms with Gasteiger partial charge in [-0.1, -0.05) is 0 Å². The molecule has 1 amide bonds. The van der Waals surface area contributed by atoms with Crippen molar-refractivity contribution >= 4 is 12.0 Å². The van der Waals surface area contributed by atoms with E-state index < -0.39 is 6.09 Å². The van der Waals surface area contributed by atoms with Crippen molar-refractivity contribution in [3.8, 4) is 6.07 Å². The van der Waals surface area contributed by atoms with Gasteiger partial charge in [0.2, 0.25) is 11.8 Å². The minimum absolute atomic E-state index is 0.0534. The first-order valence-corrected chi connectivity index (χ1v) is 5.44. The Labute approximate surface area is 103 Å². The molecule has 2 aliphatic rings. The van der Waals surface area contributed by atoms with Crippen LogP contribution in [-0.2, 0) is 0 Å². The van der Waals surface area contributed by atoms with Gasteiger partial charge in [-0.25, -0.2) is 14.8 Å². The Hall–Kier alpha value is -2.43. The van der Waals surface area contributed by atoms with Crippen molar-refractivity contribution in [2.24, 2.45) is 5.41 Å². The van der Waals surface area contributed by atoms with Gasteiger partial charge in [0.1, 0.15) is 12.4 Å². The molecule has 2 fully saturated rings. The van der Waals surface area contributed by atoms with E-state index in [0.717, 1.165) is 13.1 Å². The van der Waals surface area contributed by atoms with Gasteiger partial charge in [-0.05, 0) is 0 Å². The number of hydrogen-bond donors (Lipinski definition) is 1. The summed E-state index contributed by atoms with van der Waals surface area (Å²) >= 11 is 0. The van der Waals surface area contributed by atoms with E-state index in [9.17, 15) is 4.79 Å². The van der Waals surface area contributed by atoms with Crippen LogP contribution in [0.3, 0.4) is 0 Å². The number of hydrogen-bond acceptors (Lipinski definition) is 6. The molecule has 3 heterocycles. The molecule has 0 saturated carbocycles. The van der Waals surface area contributed by atoms with Crippen LogP contribution < -0.4 is 4.90 Å². The van der Waals surface area contributed by atoms with Crippen molar-refractivity contribution in [3.05, 3.63) is 12.2 Å². The molecule has 1 aromatic rings. The van der Waals surface area contributed by atoms with Crippen molar-refractivity contribution in [2.45, 2.75) is 0 Å². The van der Waals surface area contributed by atoms with E-state index in [1.165, 1.54) is 11.2 Å². The highest BCUT2D eigenvalue weighted by molar-refractivity contribution is 5.67. The lowest BCUT2D eigenvalue weighted by Crippen LogP contribution is -2.73. The maximum atomic E-state index is 10.7. The maximum absolute atomic E-state index is 10.7. The first-order valence-electron chi connectivity index (χ1n) is 5.44. The predicted molar refractivity (Wildman–Crippen MR) is 58.8 cm³/mol. The zero-order valence-corrected chi connectivity index (χ0v) is 9.44. The Morgan fingerprint density at radius 3 is 2.72 bits per heavy atom. The van der Waals surface area contributed by atoms with E-state index in [0.29, 0.717) is 19.0 Å². The highest BCUT2D eigenvalue weighted by Gasteiger charge is 2.54. The molecule has 8 heteroatoms. The van der Waals surface area contributed by atoms with Gasteiger partial charge in [-0.3, -0.25) is 0 Å². The first kappa shape index (κ1) is 10.7. The number of nitriles is 1. The minimum atomic E-state index is -0.869. The van der Waals surface area contributed by atoms with Crippen LogP contribution in [0.1, 0.15) is 5.82 Å². The summed E-state index contributed by atoms with van der Waals surface area (Å²) in [7, 11) is 0. The fraction of sp³-hybridized carbons (Fsp3) is 0.500. The van der Waals surface area contributed by atoms with Crippen molar-refractivity contribution in [3.63, 3.8) is 0 Å². The van der Waals surface area contributed by atoms with Crippen LogP contribution in [-0.4, -0.2) is 57.2 Å². The molecule has 0 bridgehead atoms. The lowest BCUT2D eigenvalue weighted by atomic mass is 9.73. The molecule has 0 unspecified atom stereocenters. The smallest absolute Gasteiger partial charge is 0.407 e. The summed E-state index contributed by atoms with van der Waals surface area (Å²) in [6.07, 6.45) is 0.446. The lowest BCUT2D eigenvalue weighted by Gasteiger charge is -2.59. The fourth-order valence-electron chi connectivity index (χ4n) is 2.50. The molecule has 18 heavy (non-hydrogen) atoms. The van der Waals surface area contributed by atoms with Crippen molar-refractivity contribution in [1.82, 2.24) is 19.9 Å². The standard InChI is InChI=1S/C10H10N6O2/c11-1-7-12-6-13-8(14-7)15-2-10(3-15)4-16(5-10)9(17)18/h6H,2-5H2,(H,17,18). The summed E-state index contributed by atoms with van der Waals surface area (Å²) in [6, 6.07) is 1.87. The monoisotopic (exact) mass is 246 g/mol. The van der Waals surface area contributed by atoms with E-state index in [4.69, 9.17) is 10.4 Å². The van der Waals surface area contributed by atoms with E-state index in [-0.39, 0.29) is 11.2 Å². The Balaban J connectivity index is 1.63. The average Bonchev–Trinajstić information content (AvgIpc) is 2.25. The highest BCUT2D eigenvalue weighted by Crippen LogP contribution is 2.40. The Morgan fingerprint density at radius 1 is 1.39 bits per heavy atom. The molecule has 0 radical (unpaired) electrons. The summed E-state index contributed by atoms with van der Waals surface area (Å²) in [5, 5.41) is 17.5. The van der Waals surface area contributed by atoms with Crippen molar-refractivity contribution < 1.29 is 9.90 Å². The number of carbonyl (C=O) groups is 1. The molecule has 1 spiro atoms. The van der Waals surface area contributed by atoms with E-state index in [2.05, 4.69) is 15.0 Å². The minimum Gasteiger partial charge on any atom is -0.465 e. The maximum Gasteiger partial charge on any atom is 0.407 e. The molecule has 0 atom stereocenters. The quantitative estimate of drug-likeness (QED) is 0.714. The molecule has 1 aromatic heterocycles. The number of anilines is 1. The fourth-order valence-corrected chi connectivity index (χ4v) is 2.50. The molecule has 3 rings (SSSR count). The van der Waals surface area contributed by atoms with Gasteiger partial charge < -0.3 is 14.9 Å². The number of carboxylic acid groups (broad SMARTS) is 1. The van der Waals surface area contributed by atoms with Crippen LogP contribution in [0.5, 0.6) is 0 Å². The summed E-state index contributed by atoms with van der Waals surface area (Å²) < 4.78 is 0. The van der Waals surface area contributed by atoms with Crippen molar-refractivity contribution in [2.75, 3.05) is 31.1 Å². The normalized spacial score (nSPS) is 19.9. The molecule has 8 nitrogen and oxygen atoms in total. The van der Waals surface area contributed by atoms with Crippen molar-refractivity contribution in [1.29, 1.82) is 5.26 Å².